The van der Waals surface area contributed by atoms with Gasteiger partial charge in [0.15, 0.2) is 0 Å². The fraction of sp³-hybridized carbons (Fsp3) is 0.467. The Balaban J connectivity index is 2.31. The molecule has 0 spiro atoms. The molecule has 18 heavy (non-hydrogen) atoms. The van der Waals surface area contributed by atoms with Crippen LogP contribution in [0.4, 0.5) is 0 Å². The molecule has 3 heteroatoms. The molecule has 0 saturated heterocycles. The lowest BCUT2D eigenvalue weighted by molar-refractivity contribution is 0.0833. The van der Waals surface area contributed by atoms with Gasteiger partial charge in [0, 0.05) is 18.6 Å². The second-order valence-corrected chi connectivity index (χ2v) is 4.77. The number of ether oxygens (including phenoxy) is 2. The molecule has 1 atom stereocenters. The van der Waals surface area contributed by atoms with Crippen LogP contribution >= 0.6 is 11.6 Å². The minimum absolute atomic E-state index is 0.0581. The molecule has 0 amide bonds. The summed E-state index contributed by atoms with van der Waals surface area (Å²) in [7, 11) is 3.44. The molecule has 0 aromatic heterocycles. The first-order valence-electron chi connectivity index (χ1n) is 6.28. The first-order chi connectivity index (χ1) is 8.83. The first kappa shape index (κ1) is 13.4. The molecule has 0 fully saturated rings. The normalized spacial score (nSPS) is 18.1. The highest BCUT2D eigenvalue weighted by atomic mass is 35.5. The van der Waals surface area contributed by atoms with Crippen LogP contribution in [0.2, 0.25) is 0 Å². The molecule has 1 aromatic carbocycles. The van der Waals surface area contributed by atoms with E-state index in [1.807, 2.05) is 6.07 Å². The van der Waals surface area contributed by atoms with Crippen molar-refractivity contribution in [2.75, 3.05) is 20.1 Å². The highest BCUT2D eigenvalue weighted by Crippen LogP contribution is 2.44. The summed E-state index contributed by atoms with van der Waals surface area (Å²) in [6, 6.07) is 8.35. The molecule has 1 aliphatic carbocycles. The van der Waals surface area contributed by atoms with Crippen LogP contribution in [0.25, 0.3) is 5.57 Å². The quantitative estimate of drug-likeness (QED) is 0.569. The number of hydrogen-bond donors (Lipinski definition) is 0. The molecular formula is C15H19ClO2. The molecule has 1 aromatic rings. The van der Waals surface area contributed by atoms with Gasteiger partial charge in [-0.25, -0.2) is 0 Å². The molecule has 0 radical (unpaired) electrons. The molecular weight excluding hydrogens is 248 g/mol. The zero-order chi connectivity index (χ0) is 13.0. The summed E-state index contributed by atoms with van der Waals surface area (Å²) in [5, 5.41) is 0. The van der Waals surface area contributed by atoms with Gasteiger partial charge in [0.25, 0.3) is 0 Å². The van der Waals surface area contributed by atoms with Crippen molar-refractivity contribution >= 4 is 17.2 Å². The topological polar surface area (TPSA) is 18.5 Å². The van der Waals surface area contributed by atoms with Crippen LogP contribution in [0.15, 0.2) is 30.0 Å². The van der Waals surface area contributed by atoms with Gasteiger partial charge < -0.3 is 9.47 Å². The number of rotatable bonds is 6. The molecule has 2 rings (SSSR count). The molecule has 0 saturated carbocycles. The lowest BCUT2D eigenvalue weighted by Gasteiger charge is -2.13. The molecule has 0 heterocycles. The Morgan fingerprint density at radius 1 is 1.17 bits per heavy atom. The van der Waals surface area contributed by atoms with Crippen molar-refractivity contribution in [2.45, 2.75) is 25.4 Å². The zero-order valence-electron chi connectivity index (χ0n) is 10.9. The largest absolute Gasteiger partial charge is 0.498 e. The number of benzene rings is 1. The molecule has 0 N–H and O–H groups in total. The SMILES string of the molecule is COC1=C(CCCCCl)c2ccccc2C1OC. The summed E-state index contributed by atoms with van der Waals surface area (Å²) in [4.78, 5) is 0. The van der Waals surface area contributed by atoms with Gasteiger partial charge in [-0.1, -0.05) is 24.3 Å². The third-order valence-electron chi connectivity index (χ3n) is 3.37. The van der Waals surface area contributed by atoms with Crippen LogP contribution in [0.5, 0.6) is 0 Å². The fourth-order valence-electron chi connectivity index (χ4n) is 2.55. The van der Waals surface area contributed by atoms with E-state index in [0.29, 0.717) is 5.88 Å². The number of hydrogen-bond acceptors (Lipinski definition) is 2. The van der Waals surface area contributed by atoms with Crippen molar-refractivity contribution in [3.8, 4) is 0 Å². The predicted octanol–water partition coefficient (Wildman–Crippen LogP) is 4.15. The molecule has 1 aliphatic rings. The van der Waals surface area contributed by atoms with Crippen molar-refractivity contribution in [3.63, 3.8) is 0 Å². The monoisotopic (exact) mass is 266 g/mol. The van der Waals surface area contributed by atoms with E-state index < -0.39 is 0 Å². The maximum absolute atomic E-state index is 5.74. The van der Waals surface area contributed by atoms with Crippen LogP contribution in [0.1, 0.15) is 36.5 Å². The number of halogens is 1. The predicted molar refractivity (Wildman–Crippen MR) is 74.7 cm³/mol. The van der Waals surface area contributed by atoms with E-state index in [4.69, 9.17) is 21.1 Å². The molecule has 2 nitrogen and oxygen atoms in total. The van der Waals surface area contributed by atoms with Gasteiger partial charge in [-0.15, -0.1) is 11.6 Å². The van der Waals surface area contributed by atoms with Gasteiger partial charge in [0.2, 0.25) is 0 Å². The van der Waals surface area contributed by atoms with E-state index in [9.17, 15) is 0 Å². The number of unbranched alkanes of at least 4 members (excludes halogenated alkanes) is 1. The van der Waals surface area contributed by atoms with Gasteiger partial charge in [-0.2, -0.15) is 0 Å². The van der Waals surface area contributed by atoms with Crippen LogP contribution < -0.4 is 0 Å². The van der Waals surface area contributed by atoms with Crippen molar-refractivity contribution < 1.29 is 9.47 Å². The molecule has 1 unspecified atom stereocenters. The second-order valence-electron chi connectivity index (χ2n) is 4.40. The highest BCUT2D eigenvalue weighted by Gasteiger charge is 2.31. The lowest BCUT2D eigenvalue weighted by Crippen LogP contribution is -2.02. The average molecular weight is 267 g/mol. The van der Waals surface area contributed by atoms with E-state index in [1.165, 1.54) is 16.7 Å². The Labute approximate surface area is 114 Å². The third-order valence-corrected chi connectivity index (χ3v) is 3.64. The first-order valence-corrected chi connectivity index (χ1v) is 6.82. The standard InChI is InChI=1S/C15H19ClO2/c1-17-14-12-8-4-3-7-11(12)13(15(14)18-2)9-5-6-10-16/h3-4,7-8,14H,5-6,9-10H2,1-2H3. The number of alkyl halides is 1. The maximum Gasteiger partial charge on any atom is 0.140 e. The van der Waals surface area contributed by atoms with Crippen LogP contribution in [-0.2, 0) is 9.47 Å². The summed E-state index contributed by atoms with van der Waals surface area (Å²) in [6.45, 7) is 0. The summed E-state index contributed by atoms with van der Waals surface area (Å²) >= 11 is 5.74. The number of methoxy groups -OCH3 is 2. The van der Waals surface area contributed by atoms with E-state index in [-0.39, 0.29) is 6.10 Å². The van der Waals surface area contributed by atoms with Gasteiger partial charge in [-0.05, 0) is 30.4 Å². The third kappa shape index (κ3) is 2.40. The molecule has 0 aliphatic heterocycles. The smallest absolute Gasteiger partial charge is 0.140 e. The van der Waals surface area contributed by atoms with Gasteiger partial charge in [-0.3, -0.25) is 0 Å². The Kier molecular flexibility index (Phi) is 4.67. The summed E-state index contributed by atoms with van der Waals surface area (Å²) in [6.07, 6.45) is 3.04. The Morgan fingerprint density at radius 2 is 1.94 bits per heavy atom. The van der Waals surface area contributed by atoms with E-state index >= 15 is 0 Å². The second kappa shape index (κ2) is 6.26. The summed E-state index contributed by atoms with van der Waals surface area (Å²) < 4.78 is 11.1. The van der Waals surface area contributed by atoms with Crippen LogP contribution in [-0.4, -0.2) is 20.1 Å². The molecule has 0 bridgehead atoms. The van der Waals surface area contributed by atoms with Crippen LogP contribution in [0.3, 0.4) is 0 Å². The number of allylic oxidation sites excluding steroid dienone is 1. The average Bonchev–Trinajstić information content (AvgIpc) is 2.72. The van der Waals surface area contributed by atoms with Gasteiger partial charge in [0.05, 0.1) is 7.11 Å². The van der Waals surface area contributed by atoms with Crippen molar-refractivity contribution in [2.24, 2.45) is 0 Å². The molecule has 98 valence electrons. The van der Waals surface area contributed by atoms with Crippen LogP contribution in [0, 0.1) is 0 Å². The maximum atomic E-state index is 5.74. The minimum Gasteiger partial charge on any atom is -0.498 e. The van der Waals surface area contributed by atoms with Crippen molar-refractivity contribution in [1.82, 2.24) is 0 Å². The fourth-order valence-corrected chi connectivity index (χ4v) is 2.74. The Morgan fingerprint density at radius 3 is 2.61 bits per heavy atom. The zero-order valence-corrected chi connectivity index (χ0v) is 11.7. The highest BCUT2D eigenvalue weighted by molar-refractivity contribution is 6.17. The van der Waals surface area contributed by atoms with Gasteiger partial charge in [0.1, 0.15) is 11.9 Å². The van der Waals surface area contributed by atoms with E-state index in [1.54, 1.807) is 14.2 Å². The lowest BCUT2D eigenvalue weighted by atomic mass is 10.0. The Bertz CT molecular complexity index is 440. The van der Waals surface area contributed by atoms with Crippen molar-refractivity contribution in [3.05, 3.63) is 41.2 Å². The summed E-state index contributed by atoms with van der Waals surface area (Å²) in [5.41, 5.74) is 3.73. The Hall–Kier alpha value is -0.990. The van der Waals surface area contributed by atoms with E-state index in [0.717, 1.165) is 25.0 Å². The van der Waals surface area contributed by atoms with E-state index in [2.05, 4.69) is 18.2 Å². The summed E-state index contributed by atoms with van der Waals surface area (Å²) in [5.74, 6) is 1.67. The van der Waals surface area contributed by atoms with Crippen molar-refractivity contribution in [1.29, 1.82) is 0 Å². The van der Waals surface area contributed by atoms with Gasteiger partial charge >= 0.3 is 0 Å². The minimum atomic E-state index is -0.0581. The number of fused-ring (bicyclic) bond motifs is 1.